The zero-order valence-electron chi connectivity index (χ0n) is 12.0. The van der Waals surface area contributed by atoms with Crippen molar-refractivity contribution in [2.75, 3.05) is 19.8 Å². The van der Waals surface area contributed by atoms with Crippen LogP contribution in [0.25, 0.3) is 10.8 Å². The molecule has 0 spiro atoms. The van der Waals surface area contributed by atoms with Crippen LogP contribution in [-0.4, -0.2) is 36.6 Å². The quantitative estimate of drug-likeness (QED) is 0.848. The first-order valence-corrected chi connectivity index (χ1v) is 7.28. The van der Waals surface area contributed by atoms with Gasteiger partial charge in [0.05, 0.1) is 19.3 Å². The zero-order chi connectivity index (χ0) is 14.8. The zero-order valence-corrected chi connectivity index (χ0v) is 12.0. The van der Waals surface area contributed by atoms with Crippen LogP contribution in [0, 0.1) is 5.82 Å². The van der Waals surface area contributed by atoms with Crippen LogP contribution < -0.4 is 0 Å². The number of morpholine rings is 1. The molecule has 1 fully saturated rings. The van der Waals surface area contributed by atoms with Crippen LogP contribution >= 0.6 is 0 Å². The van der Waals surface area contributed by atoms with E-state index < -0.39 is 0 Å². The van der Waals surface area contributed by atoms with E-state index in [9.17, 15) is 9.18 Å². The highest BCUT2D eigenvalue weighted by Gasteiger charge is 2.27. The van der Waals surface area contributed by atoms with Gasteiger partial charge in [0.15, 0.2) is 0 Å². The van der Waals surface area contributed by atoms with Gasteiger partial charge in [-0.05, 0) is 23.9 Å². The molecule has 3 rings (SSSR count). The SMILES string of the molecule is CCC1COCCN1C(=O)c1ccc(F)c2ccccc12. The predicted molar refractivity (Wildman–Crippen MR) is 79.8 cm³/mol. The first kappa shape index (κ1) is 14.0. The average molecular weight is 287 g/mol. The van der Waals surface area contributed by atoms with Crippen molar-refractivity contribution in [2.45, 2.75) is 19.4 Å². The molecule has 1 amide bonds. The number of hydrogen-bond donors (Lipinski definition) is 0. The van der Waals surface area contributed by atoms with Gasteiger partial charge in [0.25, 0.3) is 5.91 Å². The second kappa shape index (κ2) is 5.82. The molecular formula is C17H18FNO2. The standard InChI is InChI=1S/C17H18FNO2/c1-2-12-11-21-10-9-19(12)17(20)15-7-8-16(18)14-6-4-3-5-13(14)15/h3-8,12H,2,9-11H2,1H3. The molecule has 0 bridgehead atoms. The van der Waals surface area contributed by atoms with Crippen LogP contribution in [-0.2, 0) is 4.74 Å². The number of halogens is 1. The summed E-state index contributed by atoms with van der Waals surface area (Å²) in [5.74, 6) is -0.336. The minimum atomic E-state index is -0.295. The van der Waals surface area contributed by atoms with Crippen molar-refractivity contribution in [1.29, 1.82) is 0 Å². The van der Waals surface area contributed by atoms with Crippen molar-refractivity contribution in [3.05, 3.63) is 47.8 Å². The van der Waals surface area contributed by atoms with Gasteiger partial charge >= 0.3 is 0 Å². The van der Waals surface area contributed by atoms with Crippen LogP contribution in [0.5, 0.6) is 0 Å². The van der Waals surface area contributed by atoms with E-state index >= 15 is 0 Å². The summed E-state index contributed by atoms with van der Waals surface area (Å²) in [6.45, 7) is 3.76. The monoisotopic (exact) mass is 287 g/mol. The molecule has 1 saturated heterocycles. The molecule has 2 aromatic rings. The second-order valence-electron chi connectivity index (χ2n) is 5.28. The Labute approximate surface area is 123 Å². The number of carbonyl (C=O) groups excluding carboxylic acids is 1. The van der Waals surface area contributed by atoms with Crippen LogP contribution in [0.3, 0.4) is 0 Å². The van der Waals surface area contributed by atoms with Crippen molar-refractivity contribution < 1.29 is 13.9 Å². The maximum atomic E-state index is 13.9. The van der Waals surface area contributed by atoms with Gasteiger partial charge in [-0.3, -0.25) is 4.79 Å². The molecular weight excluding hydrogens is 269 g/mol. The van der Waals surface area contributed by atoms with E-state index in [0.717, 1.165) is 6.42 Å². The van der Waals surface area contributed by atoms with Gasteiger partial charge in [-0.15, -0.1) is 0 Å². The van der Waals surface area contributed by atoms with Crippen molar-refractivity contribution in [1.82, 2.24) is 4.90 Å². The Morgan fingerprint density at radius 2 is 2.05 bits per heavy atom. The van der Waals surface area contributed by atoms with Crippen molar-refractivity contribution in [3.8, 4) is 0 Å². The Morgan fingerprint density at radius 1 is 1.29 bits per heavy atom. The molecule has 1 aliphatic heterocycles. The lowest BCUT2D eigenvalue weighted by atomic mass is 10.0. The molecule has 1 unspecified atom stereocenters. The fraction of sp³-hybridized carbons (Fsp3) is 0.353. The Bertz CT molecular complexity index is 671. The van der Waals surface area contributed by atoms with Crippen molar-refractivity contribution in [3.63, 3.8) is 0 Å². The van der Waals surface area contributed by atoms with E-state index in [1.807, 2.05) is 17.9 Å². The van der Waals surface area contributed by atoms with Gasteiger partial charge in [-0.25, -0.2) is 4.39 Å². The van der Waals surface area contributed by atoms with Crippen molar-refractivity contribution in [2.24, 2.45) is 0 Å². The van der Waals surface area contributed by atoms with Crippen LogP contribution in [0.4, 0.5) is 4.39 Å². The number of amides is 1. The predicted octanol–water partition coefficient (Wildman–Crippen LogP) is 3.23. The summed E-state index contributed by atoms with van der Waals surface area (Å²) in [6.07, 6.45) is 0.852. The normalized spacial score (nSPS) is 19.0. The maximum absolute atomic E-state index is 13.9. The summed E-state index contributed by atoms with van der Waals surface area (Å²) in [5.41, 5.74) is 0.562. The number of hydrogen-bond acceptors (Lipinski definition) is 2. The number of ether oxygens (including phenoxy) is 1. The summed E-state index contributed by atoms with van der Waals surface area (Å²) in [5, 5.41) is 1.16. The fourth-order valence-electron chi connectivity index (χ4n) is 2.86. The third-order valence-electron chi connectivity index (χ3n) is 4.06. The second-order valence-corrected chi connectivity index (χ2v) is 5.28. The number of nitrogens with zero attached hydrogens (tertiary/aromatic N) is 1. The third kappa shape index (κ3) is 2.51. The van der Waals surface area contributed by atoms with Gasteiger partial charge in [0, 0.05) is 17.5 Å². The molecule has 0 aliphatic carbocycles. The molecule has 0 radical (unpaired) electrons. The van der Waals surface area contributed by atoms with Gasteiger partial charge < -0.3 is 9.64 Å². The van der Waals surface area contributed by atoms with E-state index in [2.05, 4.69) is 0 Å². The largest absolute Gasteiger partial charge is 0.377 e. The minimum absolute atomic E-state index is 0.0404. The van der Waals surface area contributed by atoms with Gasteiger partial charge in [0.2, 0.25) is 0 Å². The molecule has 4 heteroatoms. The Hall–Kier alpha value is -1.94. The summed E-state index contributed by atoms with van der Waals surface area (Å²) in [6, 6.07) is 10.2. The molecule has 1 aliphatic rings. The summed E-state index contributed by atoms with van der Waals surface area (Å²) >= 11 is 0. The molecule has 0 aromatic heterocycles. The van der Waals surface area contributed by atoms with Crippen LogP contribution in [0.2, 0.25) is 0 Å². The Balaban J connectivity index is 2.03. The van der Waals surface area contributed by atoms with Crippen LogP contribution in [0.1, 0.15) is 23.7 Å². The molecule has 2 aromatic carbocycles. The molecule has 21 heavy (non-hydrogen) atoms. The molecule has 0 saturated carbocycles. The first-order valence-electron chi connectivity index (χ1n) is 7.28. The molecule has 110 valence electrons. The fourth-order valence-corrected chi connectivity index (χ4v) is 2.86. The van der Waals surface area contributed by atoms with Gasteiger partial charge in [-0.2, -0.15) is 0 Å². The summed E-state index contributed by atoms with van der Waals surface area (Å²) in [4.78, 5) is 14.7. The van der Waals surface area contributed by atoms with Gasteiger partial charge in [-0.1, -0.05) is 31.2 Å². The summed E-state index contributed by atoms with van der Waals surface area (Å²) < 4.78 is 19.3. The van der Waals surface area contributed by atoms with E-state index in [-0.39, 0.29) is 17.8 Å². The van der Waals surface area contributed by atoms with E-state index in [1.54, 1.807) is 24.3 Å². The van der Waals surface area contributed by atoms with E-state index in [4.69, 9.17) is 4.74 Å². The topological polar surface area (TPSA) is 29.5 Å². The number of fused-ring (bicyclic) bond motifs is 1. The number of benzene rings is 2. The maximum Gasteiger partial charge on any atom is 0.254 e. The summed E-state index contributed by atoms with van der Waals surface area (Å²) in [7, 11) is 0. The minimum Gasteiger partial charge on any atom is -0.377 e. The molecule has 3 nitrogen and oxygen atoms in total. The molecule has 1 heterocycles. The Kier molecular flexibility index (Phi) is 3.88. The first-order chi connectivity index (χ1) is 10.2. The van der Waals surface area contributed by atoms with Crippen LogP contribution in [0.15, 0.2) is 36.4 Å². The van der Waals surface area contributed by atoms with E-state index in [0.29, 0.717) is 36.1 Å². The highest BCUT2D eigenvalue weighted by Crippen LogP contribution is 2.24. The highest BCUT2D eigenvalue weighted by atomic mass is 19.1. The average Bonchev–Trinajstić information content (AvgIpc) is 2.55. The molecule has 1 atom stereocenters. The lowest BCUT2D eigenvalue weighted by molar-refractivity contribution is -0.00269. The van der Waals surface area contributed by atoms with Crippen molar-refractivity contribution >= 4 is 16.7 Å². The molecule has 0 N–H and O–H groups in total. The van der Waals surface area contributed by atoms with E-state index in [1.165, 1.54) is 6.07 Å². The Morgan fingerprint density at radius 3 is 2.81 bits per heavy atom. The number of rotatable bonds is 2. The number of carbonyl (C=O) groups is 1. The third-order valence-corrected chi connectivity index (χ3v) is 4.06. The lowest BCUT2D eigenvalue weighted by Crippen LogP contribution is -2.48. The van der Waals surface area contributed by atoms with Gasteiger partial charge in [0.1, 0.15) is 5.82 Å². The lowest BCUT2D eigenvalue weighted by Gasteiger charge is -2.35. The smallest absolute Gasteiger partial charge is 0.254 e. The highest BCUT2D eigenvalue weighted by molar-refractivity contribution is 6.07.